The Bertz CT molecular complexity index is 550. The fourth-order valence-electron chi connectivity index (χ4n) is 2.29. The van der Waals surface area contributed by atoms with Crippen LogP contribution >= 0.6 is 15.9 Å². The fourth-order valence-corrected chi connectivity index (χ4v) is 2.68. The number of carbonyl (C=O) groups excluding carboxylic acids is 2. The number of hydrogen-bond acceptors (Lipinski definition) is 2. The summed E-state index contributed by atoms with van der Waals surface area (Å²) in [6.07, 6.45) is 0.253. The minimum Gasteiger partial charge on any atom is -0.345 e. The molecular formula is C14H16BrFN2O2. The van der Waals surface area contributed by atoms with Crippen molar-refractivity contribution in [3.8, 4) is 0 Å². The lowest BCUT2D eigenvalue weighted by Crippen LogP contribution is -2.44. The summed E-state index contributed by atoms with van der Waals surface area (Å²) in [5, 5.41) is 2.65. The second kappa shape index (κ2) is 5.91. The van der Waals surface area contributed by atoms with E-state index < -0.39 is 6.04 Å². The van der Waals surface area contributed by atoms with Gasteiger partial charge in [-0.2, -0.15) is 0 Å². The van der Waals surface area contributed by atoms with Crippen molar-refractivity contribution in [3.05, 3.63) is 34.1 Å². The first-order chi connectivity index (χ1) is 9.40. The molecule has 1 fully saturated rings. The average molecular weight is 343 g/mol. The third-order valence-corrected chi connectivity index (χ3v) is 4.30. The van der Waals surface area contributed by atoms with Crippen molar-refractivity contribution < 1.29 is 14.0 Å². The second-order valence-corrected chi connectivity index (χ2v) is 5.81. The summed E-state index contributed by atoms with van der Waals surface area (Å²) in [4.78, 5) is 25.5. The molecule has 1 aliphatic heterocycles. The minimum absolute atomic E-state index is 0.140. The Morgan fingerprint density at radius 2 is 2.10 bits per heavy atom. The Morgan fingerprint density at radius 1 is 1.40 bits per heavy atom. The smallest absolute Gasteiger partial charge is 0.245 e. The zero-order valence-electron chi connectivity index (χ0n) is 11.3. The van der Waals surface area contributed by atoms with Gasteiger partial charge in [0.25, 0.3) is 0 Å². The summed E-state index contributed by atoms with van der Waals surface area (Å²) < 4.78 is 13.9. The number of nitrogens with zero attached hydrogens (tertiary/aromatic N) is 1. The molecule has 2 unspecified atom stereocenters. The highest BCUT2D eigenvalue weighted by Gasteiger charge is 2.31. The zero-order chi connectivity index (χ0) is 14.9. The van der Waals surface area contributed by atoms with Crippen molar-refractivity contribution in [2.45, 2.75) is 38.9 Å². The Kier molecular flexibility index (Phi) is 4.42. The van der Waals surface area contributed by atoms with E-state index in [4.69, 9.17) is 0 Å². The first-order valence-corrected chi connectivity index (χ1v) is 7.22. The first kappa shape index (κ1) is 15.0. The van der Waals surface area contributed by atoms with E-state index in [0.717, 1.165) is 0 Å². The van der Waals surface area contributed by atoms with Crippen molar-refractivity contribution in [1.29, 1.82) is 0 Å². The van der Waals surface area contributed by atoms with Gasteiger partial charge in [0.15, 0.2) is 0 Å². The number of nitrogens with one attached hydrogen (secondary N) is 1. The minimum atomic E-state index is -0.556. The van der Waals surface area contributed by atoms with Gasteiger partial charge in [0.1, 0.15) is 11.9 Å². The predicted molar refractivity (Wildman–Crippen MR) is 76.3 cm³/mol. The van der Waals surface area contributed by atoms with Gasteiger partial charge < -0.3 is 10.2 Å². The number of halogens is 2. The molecule has 2 atom stereocenters. The van der Waals surface area contributed by atoms with E-state index in [1.54, 1.807) is 24.0 Å². The van der Waals surface area contributed by atoms with Gasteiger partial charge in [0.2, 0.25) is 11.8 Å². The lowest BCUT2D eigenvalue weighted by molar-refractivity contribution is -0.135. The van der Waals surface area contributed by atoms with Gasteiger partial charge >= 0.3 is 0 Å². The van der Waals surface area contributed by atoms with Crippen LogP contribution in [0.5, 0.6) is 0 Å². The zero-order valence-corrected chi connectivity index (χ0v) is 12.9. The van der Waals surface area contributed by atoms with Crippen LogP contribution in [0.4, 0.5) is 4.39 Å². The molecule has 0 aromatic heterocycles. The normalized spacial score (nSPS) is 23.5. The van der Waals surface area contributed by atoms with E-state index in [1.165, 1.54) is 6.07 Å². The van der Waals surface area contributed by atoms with Crippen molar-refractivity contribution >= 4 is 27.7 Å². The third-order valence-electron chi connectivity index (χ3n) is 3.42. The Hall–Kier alpha value is -1.43. The fraction of sp³-hybridized carbons (Fsp3) is 0.429. The maximum absolute atomic E-state index is 13.5. The topological polar surface area (TPSA) is 49.4 Å². The third kappa shape index (κ3) is 3.00. The van der Waals surface area contributed by atoms with Crippen LogP contribution < -0.4 is 5.32 Å². The van der Waals surface area contributed by atoms with E-state index in [0.29, 0.717) is 10.0 Å². The van der Waals surface area contributed by atoms with Gasteiger partial charge in [-0.15, -0.1) is 0 Å². The number of carbonyl (C=O) groups is 2. The van der Waals surface area contributed by atoms with Crippen LogP contribution in [-0.4, -0.2) is 28.8 Å². The molecule has 4 nitrogen and oxygen atoms in total. The average Bonchev–Trinajstić information content (AvgIpc) is 2.46. The largest absolute Gasteiger partial charge is 0.345 e. The molecule has 0 spiro atoms. The number of rotatable bonds is 2. The SMILES string of the molecule is CC1NC(=O)CC(C)N(Cc2cccc(F)c2Br)C1=O. The van der Waals surface area contributed by atoms with Crippen LogP contribution in [0.25, 0.3) is 0 Å². The highest BCUT2D eigenvalue weighted by Crippen LogP contribution is 2.24. The molecule has 0 bridgehead atoms. The summed E-state index contributed by atoms with van der Waals surface area (Å²) >= 11 is 3.20. The molecule has 1 N–H and O–H groups in total. The van der Waals surface area contributed by atoms with Crippen molar-refractivity contribution in [1.82, 2.24) is 10.2 Å². The van der Waals surface area contributed by atoms with Crippen molar-refractivity contribution in [2.75, 3.05) is 0 Å². The van der Waals surface area contributed by atoms with Gasteiger partial charge in [-0.3, -0.25) is 9.59 Å². The van der Waals surface area contributed by atoms with E-state index in [9.17, 15) is 14.0 Å². The van der Waals surface area contributed by atoms with Crippen molar-refractivity contribution in [3.63, 3.8) is 0 Å². The van der Waals surface area contributed by atoms with Gasteiger partial charge in [-0.25, -0.2) is 4.39 Å². The van der Waals surface area contributed by atoms with Crippen LogP contribution in [0.3, 0.4) is 0 Å². The molecule has 1 heterocycles. The summed E-state index contributed by atoms with van der Waals surface area (Å²) in [7, 11) is 0. The van der Waals surface area contributed by atoms with E-state index in [1.807, 2.05) is 6.92 Å². The van der Waals surface area contributed by atoms with E-state index in [-0.39, 0.29) is 36.6 Å². The lowest BCUT2D eigenvalue weighted by atomic mass is 10.1. The molecule has 0 saturated carbocycles. The second-order valence-electron chi connectivity index (χ2n) is 5.02. The first-order valence-electron chi connectivity index (χ1n) is 6.43. The highest BCUT2D eigenvalue weighted by molar-refractivity contribution is 9.10. The summed E-state index contributed by atoms with van der Waals surface area (Å²) in [5.74, 6) is -0.654. The van der Waals surface area contributed by atoms with Crippen LogP contribution in [0, 0.1) is 5.82 Å². The molecule has 6 heteroatoms. The molecule has 0 radical (unpaired) electrons. The standard InChI is InChI=1S/C14H16BrFN2O2/c1-8-6-12(19)17-9(2)14(20)18(8)7-10-4-3-5-11(16)13(10)15/h3-5,8-9H,6-7H2,1-2H3,(H,17,19). The monoisotopic (exact) mass is 342 g/mol. The molecule has 1 aliphatic rings. The highest BCUT2D eigenvalue weighted by atomic mass is 79.9. The van der Waals surface area contributed by atoms with Crippen LogP contribution in [0.1, 0.15) is 25.8 Å². The maximum Gasteiger partial charge on any atom is 0.245 e. The van der Waals surface area contributed by atoms with Crippen LogP contribution in [0.2, 0.25) is 0 Å². The molecule has 108 valence electrons. The molecule has 1 aromatic rings. The molecule has 20 heavy (non-hydrogen) atoms. The summed E-state index contributed by atoms with van der Waals surface area (Å²) in [6, 6.07) is 3.95. The number of hydrogen-bond donors (Lipinski definition) is 1. The molecule has 2 rings (SSSR count). The Morgan fingerprint density at radius 3 is 2.80 bits per heavy atom. The molecule has 0 aliphatic carbocycles. The van der Waals surface area contributed by atoms with E-state index >= 15 is 0 Å². The molecular weight excluding hydrogens is 327 g/mol. The molecule has 1 aromatic carbocycles. The van der Waals surface area contributed by atoms with Crippen LogP contribution in [-0.2, 0) is 16.1 Å². The summed E-state index contributed by atoms with van der Waals surface area (Å²) in [6.45, 7) is 3.76. The number of amides is 2. The summed E-state index contributed by atoms with van der Waals surface area (Å²) in [5.41, 5.74) is 0.687. The quantitative estimate of drug-likeness (QED) is 0.895. The van der Waals surface area contributed by atoms with Gasteiger partial charge in [0, 0.05) is 19.0 Å². The van der Waals surface area contributed by atoms with Gasteiger partial charge in [0.05, 0.1) is 4.47 Å². The Balaban J connectivity index is 2.27. The predicted octanol–water partition coefficient (Wildman–Crippen LogP) is 2.21. The maximum atomic E-state index is 13.5. The Labute approximate surface area is 125 Å². The number of benzene rings is 1. The van der Waals surface area contributed by atoms with Crippen molar-refractivity contribution in [2.24, 2.45) is 0 Å². The van der Waals surface area contributed by atoms with Crippen LogP contribution in [0.15, 0.2) is 22.7 Å². The van der Waals surface area contributed by atoms with Gasteiger partial charge in [-0.05, 0) is 41.4 Å². The van der Waals surface area contributed by atoms with Gasteiger partial charge in [-0.1, -0.05) is 12.1 Å². The molecule has 2 amide bonds. The van der Waals surface area contributed by atoms with E-state index in [2.05, 4.69) is 21.2 Å². The molecule has 1 saturated heterocycles. The lowest BCUT2D eigenvalue weighted by Gasteiger charge is -2.28.